The maximum absolute atomic E-state index is 12.8. The van der Waals surface area contributed by atoms with E-state index in [1.165, 1.54) is 12.4 Å². The third kappa shape index (κ3) is 7.23. The summed E-state index contributed by atoms with van der Waals surface area (Å²) in [4.78, 5) is 12.8. The van der Waals surface area contributed by atoms with Gasteiger partial charge in [-0.3, -0.25) is 0 Å². The summed E-state index contributed by atoms with van der Waals surface area (Å²) < 4.78 is 0. The number of guanidine groups is 1. The molecule has 0 fully saturated rings. The highest BCUT2D eigenvalue weighted by molar-refractivity contribution is 6.30. The lowest BCUT2D eigenvalue weighted by Crippen LogP contribution is -2.44. The molecular formula is C23H20Cl2N6O. The molecule has 3 rings (SSSR count). The number of hydrogen-bond donors (Lipinski definition) is 2. The molecule has 0 unspecified atom stereocenters. The van der Waals surface area contributed by atoms with E-state index in [9.17, 15) is 4.79 Å². The summed E-state index contributed by atoms with van der Waals surface area (Å²) in [6.07, 6.45) is 2.97. The fourth-order valence-corrected chi connectivity index (χ4v) is 2.74. The van der Waals surface area contributed by atoms with Crippen LogP contribution in [-0.2, 0) is 6.54 Å². The molecule has 0 saturated heterocycles. The Labute approximate surface area is 195 Å². The number of carbonyl (C=O) groups excluding carboxylic acids is 1. The fourth-order valence-electron chi connectivity index (χ4n) is 2.48. The fraction of sp³-hybridized carbons (Fsp3) is 0.0435. The van der Waals surface area contributed by atoms with Crippen molar-refractivity contribution < 1.29 is 4.79 Å². The van der Waals surface area contributed by atoms with E-state index in [4.69, 9.17) is 28.9 Å². The molecule has 0 aliphatic heterocycles. The van der Waals surface area contributed by atoms with Gasteiger partial charge in [-0.25, -0.2) is 4.79 Å². The van der Waals surface area contributed by atoms with E-state index in [1.807, 2.05) is 30.3 Å². The predicted octanol–water partition coefficient (Wildman–Crippen LogP) is 4.89. The third-order valence-electron chi connectivity index (χ3n) is 4.13. The average Bonchev–Trinajstić information content (AvgIpc) is 2.81. The quantitative estimate of drug-likeness (QED) is 0.307. The van der Waals surface area contributed by atoms with Gasteiger partial charge in [0.25, 0.3) is 0 Å². The van der Waals surface area contributed by atoms with Crippen molar-refractivity contribution >= 4 is 47.6 Å². The van der Waals surface area contributed by atoms with E-state index in [0.717, 1.165) is 21.7 Å². The van der Waals surface area contributed by atoms with Gasteiger partial charge in [0.1, 0.15) is 0 Å². The Morgan fingerprint density at radius 2 is 1.44 bits per heavy atom. The van der Waals surface area contributed by atoms with Crippen LogP contribution in [-0.4, -0.2) is 29.4 Å². The first kappa shape index (κ1) is 23.0. The number of hydrazone groups is 1. The predicted molar refractivity (Wildman–Crippen MR) is 130 cm³/mol. The van der Waals surface area contributed by atoms with Crippen LogP contribution in [0.5, 0.6) is 0 Å². The summed E-state index contributed by atoms with van der Waals surface area (Å²) in [7, 11) is 0. The number of hydrogen-bond acceptors (Lipinski definition) is 4. The second-order valence-electron chi connectivity index (χ2n) is 6.51. The molecule has 162 valence electrons. The summed E-state index contributed by atoms with van der Waals surface area (Å²) in [6, 6.07) is 22.9. The van der Waals surface area contributed by atoms with Gasteiger partial charge in [0.05, 0.1) is 12.4 Å². The van der Waals surface area contributed by atoms with Gasteiger partial charge in [-0.1, -0.05) is 77.8 Å². The molecule has 3 N–H and O–H groups in total. The Morgan fingerprint density at radius 1 is 0.875 bits per heavy atom. The lowest BCUT2D eigenvalue weighted by Gasteiger charge is -2.16. The molecule has 3 aromatic carbocycles. The number of nitrogens with two attached hydrogens (primary N) is 1. The minimum absolute atomic E-state index is 0.203. The number of nitrogens with zero attached hydrogens (tertiary/aromatic N) is 4. The molecule has 0 aliphatic carbocycles. The van der Waals surface area contributed by atoms with Crippen LogP contribution < -0.4 is 11.1 Å². The Morgan fingerprint density at radius 3 is 2.03 bits per heavy atom. The molecular weight excluding hydrogens is 447 g/mol. The molecule has 0 aromatic heterocycles. The molecule has 0 aliphatic rings. The monoisotopic (exact) mass is 466 g/mol. The summed E-state index contributed by atoms with van der Waals surface area (Å²) in [5, 5.41) is 16.9. The maximum atomic E-state index is 12.8. The molecule has 0 radical (unpaired) electrons. The summed E-state index contributed by atoms with van der Waals surface area (Å²) in [5.74, 6) is -0.203. The molecule has 0 bridgehead atoms. The second-order valence-corrected chi connectivity index (χ2v) is 7.38. The van der Waals surface area contributed by atoms with Crippen molar-refractivity contribution in [2.45, 2.75) is 6.54 Å². The summed E-state index contributed by atoms with van der Waals surface area (Å²) in [6.45, 7) is 0.300. The van der Waals surface area contributed by atoms with Crippen LogP contribution in [0.25, 0.3) is 0 Å². The highest BCUT2D eigenvalue weighted by atomic mass is 35.5. The molecule has 0 saturated carbocycles. The zero-order valence-electron chi connectivity index (χ0n) is 16.9. The molecule has 7 nitrogen and oxygen atoms in total. The SMILES string of the molecule is N/C(=N\N=C\c1ccc(Cl)cc1)N(/N=C/c1ccc(Cl)cc1)C(=O)NCc1ccccc1. The van der Waals surface area contributed by atoms with Gasteiger partial charge < -0.3 is 11.1 Å². The number of rotatable bonds is 6. The minimum atomic E-state index is -0.554. The normalized spacial score (nSPS) is 11.8. The van der Waals surface area contributed by atoms with Crippen LogP contribution in [0.2, 0.25) is 10.0 Å². The van der Waals surface area contributed by atoms with E-state index in [2.05, 4.69) is 20.6 Å². The molecule has 0 heterocycles. The number of halogens is 2. The van der Waals surface area contributed by atoms with Crippen molar-refractivity contribution in [3.63, 3.8) is 0 Å². The zero-order valence-corrected chi connectivity index (χ0v) is 18.4. The Balaban J connectivity index is 1.76. The van der Waals surface area contributed by atoms with Crippen LogP contribution in [0.1, 0.15) is 16.7 Å². The van der Waals surface area contributed by atoms with E-state index < -0.39 is 6.03 Å². The highest BCUT2D eigenvalue weighted by Crippen LogP contribution is 2.09. The lowest BCUT2D eigenvalue weighted by atomic mass is 10.2. The van der Waals surface area contributed by atoms with Crippen LogP contribution in [0.15, 0.2) is 94.2 Å². The van der Waals surface area contributed by atoms with Gasteiger partial charge >= 0.3 is 6.03 Å². The molecule has 0 atom stereocenters. The second kappa shape index (κ2) is 11.6. The zero-order chi connectivity index (χ0) is 22.8. The van der Waals surface area contributed by atoms with Crippen molar-refractivity contribution in [3.05, 3.63) is 106 Å². The van der Waals surface area contributed by atoms with Crippen LogP contribution in [0, 0.1) is 0 Å². The lowest BCUT2D eigenvalue weighted by molar-refractivity contribution is 0.221. The summed E-state index contributed by atoms with van der Waals surface area (Å²) >= 11 is 11.8. The van der Waals surface area contributed by atoms with Gasteiger partial charge in [-0.15, -0.1) is 10.1 Å². The van der Waals surface area contributed by atoms with Crippen LogP contribution >= 0.6 is 23.2 Å². The molecule has 3 aromatic rings. The number of nitrogens with one attached hydrogen (secondary N) is 1. The molecule has 32 heavy (non-hydrogen) atoms. The van der Waals surface area contributed by atoms with Gasteiger partial charge in [-0.05, 0) is 41.0 Å². The van der Waals surface area contributed by atoms with Gasteiger partial charge in [0.2, 0.25) is 5.96 Å². The number of amides is 2. The van der Waals surface area contributed by atoms with Crippen LogP contribution in [0.3, 0.4) is 0 Å². The Kier molecular flexibility index (Phi) is 8.36. The molecule has 9 heteroatoms. The topological polar surface area (TPSA) is 95.4 Å². The van der Waals surface area contributed by atoms with E-state index >= 15 is 0 Å². The Bertz CT molecular complexity index is 1110. The Hall–Kier alpha value is -3.68. The van der Waals surface area contributed by atoms with Gasteiger partial charge in [0, 0.05) is 16.6 Å². The smallest absolute Gasteiger partial charge is 0.345 e. The van der Waals surface area contributed by atoms with Crippen LogP contribution in [0.4, 0.5) is 4.79 Å². The van der Waals surface area contributed by atoms with E-state index in [0.29, 0.717) is 16.6 Å². The van der Waals surface area contributed by atoms with Crippen molar-refractivity contribution in [1.82, 2.24) is 10.3 Å². The molecule has 0 spiro atoms. The number of carbonyl (C=O) groups is 1. The van der Waals surface area contributed by atoms with Crippen molar-refractivity contribution in [1.29, 1.82) is 0 Å². The minimum Gasteiger partial charge on any atom is -0.366 e. The average molecular weight is 467 g/mol. The maximum Gasteiger partial charge on any atom is 0.345 e. The summed E-state index contributed by atoms with van der Waals surface area (Å²) in [5.41, 5.74) is 8.44. The largest absolute Gasteiger partial charge is 0.366 e. The van der Waals surface area contributed by atoms with Gasteiger partial charge in [0.15, 0.2) is 0 Å². The van der Waals surface area contributed by atoms with Gasteiger partial charge in [-0.2, -0.15) is 10.2 Å². The van der Waals surface area contributed by atoms with E-state index in [1.54, 1.807) is 48.5 Å². The first-order valence-electron chi connectivity index (χ1n) is 9.55. The molecule has 2 amide bonds. The van der Waals surface area contributed by atoms with Crippen molar-refractivity contribution in [3.8, 4) is 0 Å². The van der Waals surface area contributed by atoms with Crippen molar-refractivity contribution in [2.75, 3.05) is 0 Å². The van der Waals surface area contributed by atoms with Crippen molar-refractivity contribution in [2.24, 2.45) is 21.0 Å². The van der Waals surface area contributed by atoms with E-state index in [-0.39, 0.29) is 5.96 Å². The highest BCUT2D eigenvalue weighted by Gasteiger charge is 2.16. The third-order valence-corrected chi connectivity index (χ3v) is 4.63. The number of benzene rings is 3. The number of urea groups is 1. The first-order chi connectivity index (χ1) is 15.5. The standard InChI is InChI=1S/C23H20Cl2N6O/c24-20-10-6-18(7-11-20)15-28-30-22(26)31(29-16-19-8-12-21(25)13-9-19)23(32)27-14-17-4-2-1-3-5-17/h1-13,15-16H,14H2,(H2,26,30)(H,27,32)/b28-15+,29-16+. The first-order valence-corrected chi connectivity index (χ1v) is 10.3.